The second-order valence-corrected chi connectivity index (χ2v) is 7.85. The van der Waals surface area contributed by atoms with Crippen molar-refractivity contribution in [1.29, 1.82) is 0 Å². The number of hydrogen-bond donors (Lipinski definition) is 2. The molecule has 2 aliphatic rings. The molecule has 2 aliphatic carbocycles. The highest BCUT2D eigenvalue weighted by Gasteiger charge is 2.39. The molecule has 3 nitrogen and oxygen atoms in total. The van der Waals surface area contributed by atoms with Crippen molar-refractivity contribution < 1.29 is 9.90 Å². The third kappa shape index (κ3) is 4.72. The maximum absolute atomic E-state index is 11.2. The molecule has 2 saturated carbocycles. The van der Waals surface area contributed by atoms with Gasteiger partial charge in [0.25, 0.3) is 0 Å². The minimum atomic E-state index is -0.664. The molecule has 0 aliphatic heterocycles. The number of carboxylic acids is 1. The normalized spacial score (nSPS) is 35.8. The van der Waals surface area contributed by atoms with Gasteiger partial charge < -0.3 is 10.8 Å². The summed E-state index contributed by atoms with van der Waals surface area (Å²) < 4.78 is 0. The van der Waals surface area contributed by atoms with Gasteiger partial charge in [0.05, 0.1) is 0 Å². The quantitative estimate of drug-likeness (QED) is 0.704. The summed E-state index contributed by atoms with van der Waals surface area (Å²) in [5, 5.41) is 9.22. The molecule has 24 heavy (non-hydrogen) atoms. The van der Waals surface area contributed by atoms with E-state index in [0.29, 0.717) is 36.6 Å². The maximum atomic E-state index is 11.2. The molecule has 0 saturated heterocycles. The van der Waals surface area contributed by atoms with Gasteiger partial charge in [-0.3, -0.25) is 4.79 Å². The lowest BCUT2D eigenvalue weighted by Crippen LogP contribution is -2.40. The molecule has 0 radical (unpaired) electrons. The Bertz CT molecular complexity index is 457. The topological polar surface area (TPSA) is 63.3 Å². The summed E-state index contributed by atoms with van der Waals surface area (Å²) in [5.41, 5.74) is 7.69. The number of carbonyl (C=O) groups is 1. The average Bonchev–Trinajstić information content (AvgIpc) is 2.56. The third-order valence-corrected chi connectivity index (χ3v) is 6.47. The summed E-state index contributed by atoms with van der Waals surface area (Å²) >= 11 is 0. The van der Waals surface area contributed by atoms with Crippen LogP contribution in [0.5, 0.6) is 0 Å². The zero-order chi connectivity index (χ0) is 17.5. The van der Waals surface area contributed by atoms with Gasteiger partial charge in [0, 0.05) is 6.42 Å². The predicted octanol–water partition coefficient (Wildman–Crippen LogP) is 4.78. The van der Waals surface area contributed by atoms with E-state index in [-0.39, 0.29) is 5.92 Å². The molecule has 0 aromatic carbocycles. The zero-order valence-electron chi connectivity index (χ0n) is 15.3. The van der Waals surface area contributed by atoms with Crippen molar-refractivity contribution in [3.63, 3.8) is 0 Å². The molecular weight excluding hydrogens is 298 g/mol. The zero-order valence-corrected chi connectivity index (χ0v) is 15.3. The Kier molecular flexibility index (Phi) is 7.54. The van der Waals surface area contributed by atoms with Crippen molar-refractivity contribution in [2.45, 2.75) is 64.7 Å². The van der Waals surface area contributed by atoms with E-state index in [0.717, 1.165) is 6.42 Å². The van der Waals surface area contributed by atoms with Crippen LogP contribution < -0.4 is 5.73 Å². The Morgan fingerprint density at radius 3 is 2.79 bits per heavy atom. The van der Waals surface area contributed by atoms with Crippen molar-refractivity contribution in [1.82, 2.24) is 0 Å². The Morgan fingerprint density at radius 2 is 2.17 bits per heavy atom. The summed E-state index contributed by atoms with van der Waals surface area (Å²) in [6.45, 7) is 6.78. The van der Waals surface area contributed by atoms with Gasteiger partial charge in [-0.2, -0.15) is 0 Å². The van der Waals surface area contributed by atoms with Crippen molar-refractivity contribution in [2.24, 2.45) is 35.3 Å². The molecule has 2 fully saturated rings. The second-order valence-electron chi connectivity index (χ2n) is 7.85. The van der Waals surface area contributed by atoms with Crippen LogP contribution in [0.15, 0.2) is 24.3 Å². The van der Waals surface area contributed by atoms with Crippen LogP contribution in [0, 0.1) is 29.6 Å². The van der Waals surface area contributed by atoms with Crippen LogP contribution in [0.1, 0.15) is 64.7 Å². The van der Waals surface area contributed by atoms with E-state index in [4.69, 9.17) is 5.73 Å². The SMILES string of the molecule is C=C/C=C1/CCC(C2CCCC(CC(=O)O)C2CN)CC1CCC. The van der Waals surface area contributed by atoms with E-state index in [1.165, 1.54) is 44.9 Å². The number of carboxylic acid groups (broad SMARTS) is 1. The lowest BCUT2D eigenvalue weighted by Gasteiger charge is -2.44. The number of aliphatic carboxylic acids is 1. The van der Waals surface area contributed by atoms with Gasteiger partial charge in [0.15, 0.2) is 0 Å². The van der Waals surface area contributed by atoms with Gasteiger partial charge in [-0.1, -0.05) is 44.1 Å². The monoisotopic (exact) mass is 333 g/mol. The van der Waals surface area contributed by atoms with Gasteiger partial charge in [0.2, 0.25) is 0 Å². The van der Waals surface area contributed by atoms with E-state index in [1.807, 2.05) is 6.08 Å². The third-order valence-electron chi connectivity index (χ3n) is 6.47. The van der Waals surface area contributed by atoms with Crippen LogP contribution in [-0.2, 0) is 4.79 Å². The first-order chi connectivity index (χ1) is 11.6. The van der Waals surface area contributed by atoms with E-state index < -0.39 is 5.97 Å². The van der Waals surface area contributed by atoms with E-state index in [9.17, 15) is 9.90 Å². The van der Waals surface area contributed by atoms with E-state index >= 15 is 0 Å². The Hall–Kier alpha value is -1.09. The molecular formula is C21H35NO2. The van der Waals surface area contributed by atoms with Gasteiger partial charge >= 0.3 is 5.97 Å². The molecule has 0 bridgehead atoms. The molecule has 2 rings (SSSR count). The van der Waals surface area contributed by atoms with E-state index in [2.05, 4.69) is 19.6 Å². The first-order valence-corrected chi connectivity index (χ1v) is 9.84. The molecule has 3 heteroatoms. The largest absolute Gasteiger partial charge is 0.481 e. The fourth-order valence-corrected chi connectivity index (χ4v) is 5.43. The minimum Gasteiger partial charge on any atom is -0.481 e. The molecule has 0 spiro atoms. The molecule has 3 N–H and O–H groups in total. The maximum Gasteiger partial charge on any atom is 0.303 e. The standard InChI is InChI=1S/C21H35NO2/c1-3-6-15-10-11-18(12-16(15)7-4-2)19-9-5-8-17(13-21(23)24)20(19)14-22/h3,6,16-20H,1,4-5,7-14,22H2,2H3,(H,23,24)/b15-6-. The van der Waals surface area contributed by atoms with Crippen LogP contribution >= 0.6 is 0 Å². The highest BCUT2D eigenvalue weighted by Crippen LogP contribution is 2.47. The highest BCUT2D eigenvalue weighted by atomic mass is 16.4. The van der Waals surface area contributed by atoms with Crippen molar-refractivity contribution in [2.75, 3.05) is 6.54 Å². The van der Waals surface area contributed by atoms with Gasteiger partial charge in [-0.15, -0.1) is 0 Å². The number of hydrogen-bond acceptors (Lipinski definition) is 2. The lowest BCUT2D eigenvalue weighted by atomic mass is 9.61. The smallest absolute Gasteiger partial charge is 0.303 e. The Balaban J connectivity index is 2.09. The number of rotatable bonds is 7. The molecule has 0 heterocycles. The fraction of sp³-hybridized carbons (Fsp3) is 0.762. The first-order valence-electron chi connectivity index (χ1n) is 9.84. The molecule has 5 atom stereocenters. The molecule has 5 unspecified atom stereocenters. The Labute approximate surface area is 147 Å². The summed E-state index contributed by atoms with van der Waals surface area (Å²) in [4.78, 5) is 11.2. The molecule has 136 valence electrons. The summed E-state index contributed by atoms with van der Waals surface area (Å²) in [7, 11) is 0. The van der Waals surface area contributed by atoms with Gasteiger partial charge in [-0.05, 0) is 74.7 Å². The fourth-order valence-electron chi connectivity index (χ4n) is 5.43. The van der Waals surface area contributed by atoms with Gasteiger partial charge in [0.1, 0.15) is 0 Å². The van der Waals surface area contributed by atoms with Crippen LogP contribution in [0.25, 0.3) is 0 Å². The van der Waals surface area contributed by atoms with Gasteiger partial charge in [-0.25, -0.2) is 0 Å². The molecule has 0 amide bonds. The minimum absolute atomic E-state index is 0.279. The summed E-state index contributed by atoms with van der Waals surface area (Å²) in [5.74, 6) is 2.03. The Morgan fingerprint density at radius 1 is 1.38 bits per heavy atom. The van der Waals surface area contributed by atoms with Crippen LogP contribution in [-0.4, -0.2) is 17.6 Å². The van der Waals surface area contributed by atoms with Crippen molar-refractivity contribution in [3.05, 3.63) is 24.3 Å². The van der Waals surface area contributed by atoms with Crippen LogP contribution in [0.4, 0.5) is 0 Å². The second kappa shape index (κ2) is 9.41. The summed E-state index contributed by atoms with van der Waals surface area (Å²) in [6, 6.07) is 0. The number of allylic oxidation sites excluding steroid dienone is 3. The van der Waals surface area contributed by atoms with Crippen LogP contribution in [0.2, 0.25) is 0 Å². The van der Waals surface area contributed by atoms with Crippen molar-refractivity contribution >= 4 is 5.97 Å². The summed E-state index contributed by atoms with van der Waals surface area (Å²) in [6.07, 6.45) is 14.1. The van der Waals surface area contributed by atoms with Crippen molar-refractivity contribution in [3.8, 4) is 0 Å². The molecule has 0 aromatic rings. The molecule has 0 aromatic heterocycles. The number of nitrogens with two attached hydrogens (primary N) is 1. The van der Waals surface area contributed by atoms with E-state index in [1.54, 1.807) is 5.57 Å². The predicted molar refractivity (Wildman–Crippen MR) is 99.6 cm³/mol. The average molecular weight is 334 g/mol. The first kappa shape index (κ1) is 19.2. The van der Waals surface area contributed by atoms with Crippen LogP contribution in [0.3, 0.4) is 0 Å². The lowest BCUT2D eigenvalue weighted by molar-refractivity contribution is -0.139. The highest BCUT2D eigenvalue weighted by molar-refractivity contribution is 5.67.